The highest BCUT2D eigenvalue weighted by Crippen LogP contribution is 2.33. The van der Waals surface area contributed by atoms with Gasteiger partial charge in [0.25, 0.3) is 5.91 Å². The highest BCUT2D eigenvalue weighted by atomic mass is 16.6. The van der Waals surface area contributed by atoms with Crippen LogP contribution in [0.1, 0.15) is 10.4 Å². The summed E-state index contributed by atoms with van der Waals surface area (Å²) in [7, 11) is 1.54. The van der Waals surface area contributed by atoms with Gasteiger partial charge in [-0.2, -0.15) is 0 Å². The molecular weight excluding hydrogens is 272 g/mol. The molecule has 21 heavy (non-hydrogen) atoms. The molecule has 108 valence electrons. The number of anilines is 1. The number of pyridine rings is 1. The van der Waals surface area contributed by atoms with Crippen LogP contribution in [0.3, 0.4) is 0 Å². The number of rotatable bonds is 3. The van der Waals surface area contributed by atoms with Crippen LogP contribution in [0.4, 0.5) is 5.69 Å². The van der Waals surface area contributed by atoms with E-state index in [2.05, 4.69) is 10.3 Å². The Balaban J connectivity index is 1.82. The molecule has 1 N–H and O–H groups in total. The number of ether oxygens (including phenoxy) is 3. The van der Waals surface area contributed by atoms with Gasteiger partial charge < -0.3 is 19.5 Å². The van der Waals surface area contributed by atoms with Crippen molar-refractivity contribution in [1.82, 2.24) is 4.98 Å². The van der Waals surface area contributed by atoms with Crippen molar-refractivity contribution < 1.29 is 19.0 Å². The Kier molecular flexibility index (Phi) is 3.59. The first kappa shape index (κ1) is 13.2. The van der Waals surface area contributed by atoms with Crippen molar-refractivity contribution >= 4 is 11.6 Å². The van der Waals surface area contributed by atoms with Crippen molar-refractivity contribution in [2.75, 3.05) is 25.6 Å². The van der Waals surface area contributed by atoms with Crippen molar-refractivity contribution in [3.05, 3.63) is 42.1 Å². The zero-order valence-electron chi connectivity index (χ0n) is 11.5. The van der Waals surface area contributed by atoms with E-state index in [1.54, 1.807) is 30.3 Å². The maximum absolute atomic E-state index is 12.3. The number of hydrogen-bond donors (Lipinski definition) is 1. The van der Waals surface area contributed by atoms with Gasteiger partial charge in [0.15, 0.2) is 11.5 Å². The zero-order chi connectivity index (χ0) is 14.7. The first-order chi connectivity index (χ1) is 10.3. The fraction of sp³-hybridized carbons (Fsp3) is 0.200. The monoisotopic (exact) mass is 286 g/mol. The van der Waals surface area contributed by atoms with Gasteiger partial charge in [-0.3, -0.25) is 4.79 Å². The molecule has 0 fully saturated rings. The van der Waals surface area contributed by atoms with Gasteiger partial charge in [-0.1, -0.05) is 6.07 Å². The third-order valence-electron chi connectivity index (χ3n) is 3.01. The number of hydrogen-bond acceptors (Lipinski definition) is 5. The van der Waals surface area contributed by atoms with Gasteiger partial charge in [0.2, 0.25) is 5.88 Å². The molecule has 1 aliphatic rings. The van der Waals surface area contributed by atoms with Gasteiger partial charge in [0, 0.05) is 6.07 Å². The second-order valence-corrected chi connectivity index (χ2v) is 4.37. The molecule has 1 amide bonds. The fourth-order valence-electron chi connectivity index (χ4n) is 2.03. The Morgan fingerprint density at radius 1 is 1.24 bits per heavy atom. The predicted molar refractivity (Wildman–Crippen MR) is 76.2 cm³/mol. The standard InChI is InChI=1S/C15H14N2O4/c1-19-13-6-5-10(9-16-13)17-15(18)11-3-2-4-12-14(11)21-8-7-20-12/h2-6,9H,7-8H2,1H3,(H,17,18). The van der Waals surface area contributed by atoms with Crippen LogP contribution in [-0.2, 0) is 0 Å². The van der Waals surface area contributed by atoms with E-state index in [0.717, 1.165) is 0 Å². The Morgan fingerprint density at radius 2 is 2.10 bits per heavy atom. The summed E-state index contributed by atoms with van der Waals surface area (Å²) in [6, 6.07) is 8.63. The minimum atomic E-state index is -0.274. The van der Waals surface area contributed by atoms with E-state index in [-0.39, 0.29) is 5.91 Å². The van der Waals surface area contributed by atoms with E-state index in [1.165, 1.54) is 13.3 Å². The van der Waals surface area contributed by atoms with Gasteiger partial charge in [0.05, 0.1) is 24.6 Å². The quantitative estimate of drug-likeness (QED) is 0.935. The number of para-hydroxylation sites is 1. The first-order valence-electron chi connectivity index (χ1n) is 6.48. The molecule has 0 bridgehead atoms. The van der Waals surface area contributed by atoms with Crippen molar-refractivity contribution in [1.29, 1.82) is 0 Å². The minimum Gasteiger partial charge on any atom is -0.486 e. The molecule has 1 aromatic heterocycles. The fourth-order valence-corrected chi connectivity index (χ4v) is 2.03. The second kappa shape index (κ2) is 5.70. The summed E-state index contributed by atoms with van der Waals surface area (Å²) in [6.07, 6.45) is 1.53. The van der Waals surface area contributed by atoms with Crippen LogP contribution >= 0.6 is 0 Å². The molecular formula is C15H14N2O4. The SMILES string of the molecule is COc1ccc(NC(=O)c2cccc3c2OCCO3)cn1. The number of amides is 1. The Hall–Kier alpha value is -2.76. The van der Waals surface area contributed by atoms with E-state index >= 15 is 0 Å². The van der Waals surface area contributed by atoms with Crippen LogP contribution in [0.2, 0.25) is 0 Å². The number of carbonyl (C=O) groups is 1. The lowest BCUT2D eigenvalue weighted by Crippen LogP contribution is -2.20. The third-order valence-corrected chi connectivity index (χ3v) is 3.01. The highest BCUT2D eigenvalue weighted by Gasteiger charge is 2.20. The summed E-state index contributed by atoms with van der Waals surface area (Å²) in [5, 5.41) is 2.77. The van der Waals surface area contributed by atoms with Crippen LogP contribution in [0, 0.1) is 0 Å². The first-order valence-corrected chi connectivity index (χ1v) is 6.48. The minimum absolute atomic E-state index is 0.274. The number of carbonyl (C=O) groups excluding carboxylic acids is 1. The van der Waals surface area contributed by atoms with E-state index in [1.807, 2.05) is 0 Å². The van der Waals surface area contributed by atoms with E-state index in [0.29, 0.717) is 41.8 Å². The van der Waals surface area contributed by atoms with Crippen LogP contribution in [0.5, 0.6) is 17.4 Å². The van der Waals surface area contributed by atoms with Crippen molar-refractivity contribution in [3.63, 3.8) is 0 Å². The van der Waals surface area contributed by atoms with Crippen LogP contribution in [0.15, 0.2) is 36.5 Å². The molecule has 6 heteroatoms. The van der Waals surface area contributed by atoms with Crippen LogP contribution < -0.4 is 19.5 Å². The summed E-state index contributed by atoms with van der Waals surface area (Å²) in [4.78, 5) is 16.4. The van der Waals surface area contributed by atoms with Gasteiger partial charge >= 0.3 is 0 Å². The van der Waals surface area contributed by atoms with Crippen LogP contribution in [-0.4, -0.2) is 31.2 Å². The average molecular weight is 286 g/mol. The van der Waals surface area contributed by atoms with E-state index in [9.17, 15) is 4.79 Å². The Bertz CT molecular complexity index is 655. The molecule has 1 aliphatic heterocycles. The van der Waals surface area contributed by atoms with Crippen molar-refractivity contribution in [2.45, 2.75) is 0 Å². The molecule has 6 nitrogen and oxygen atoms in total. The molecule has 1 aromatic carbocycles. The summed E-state index contributed by atoms with van der Waals surface area (Å²) in [5.41, 5.74) is 1.01. The lowest BCUT2D eigenvalue weighted by atomic mass is 10.1. The number of nitrogens with zero attached hydrogens (tertiary/aromatic N) is 1. The average Bonchev–Trinajstić information content (AvgIpc) is 2.55. The number of methoxy groups -OCH3 is 1. The molecule has 0 radical (unpaired) electrons. The highest BCUT2D eigenvalue weighted by molar-refractivity contribution is 6.06. The van der Waals surface area contributed by atoms with Gasteiger partial charge in [-0.05, 0) is 18.2 Å². The predicted octanol–water partition coefficient (Wildman–Crippen LogP) is 2.11. The molecule has 3 rings (SSSR count). The molecule has 0 unspecified atom stereocenters. The van der Waals surface area contributed by atoms with Gasteiger partial charge in [-0.25, -0.2) is 4.98 Å². The smallest absolute Gasteiger partial charge is 0.259 e. The largest absolute Gasteiger partial charge is 0.486 e. The zero-order valence-corrected chi connectivity index (χ0v) is 11.5. The molecule has 0 saturated heterocycles. The van der Waals surface area contributed by atoms with Crippen LogP contribution in [0.25, 0.3) is 0 Å². The number of nitrogens with one attached hydrogen (secondary N) is 1. The Labute approximate surface area is 121 Å². The maximum atomic E-state index is 12.3. The molecule has 0 aliphatic carbocycles. The maximum Gasteiger partial charge on any atom is 0.259 e. The van der Waals surface area contributed by atoms with Gasteiger partial charge in [-0.15, -0.1) is 0 Å². The molecule has 0 atom stereocenters. The second-order valence-electron chi connectivity index (χ2n) is 4.37. The molecule has 2 heterocycles. The third kappa shape index (κ3) is 2.74. The van der Waals surface area contributed by atoms with E-state index in [4.69, 9.17) is 14.2 Å². The topological polar surface area (TPSA) is 69.7 Å². The summed E-state index contributed by atoms with van der Waals surface area (Å²) < 4.78 is 16.0. The van der Waals surface area contributed by atoms with Crippen molar-refractivity contribution in [2.24, 2.45) is 0 Å². The molecule has 0 saturated carbocycles. The van der Waals surface area contributed by atoms with Crippen molar-refractivity contribution in [3.8, 4) is 17.4 Å². The number of aromatic nitrogens is 1. The lowest BCUT2D eigenvalue weighted by molar-refractivity contribution is 0.101. The summed E-state index contributed by atoms with van der Waals surface area (Å²) >= 11 is 0. The summed E-state index contributed by atoms with van der Waals surface area (Å²) in [5.74, 6) is 1.27. The Morgan fingerprint density at radius 3 is 2.86 bits per heavy atom. The molecule has 0 spiro atoms. The van der Waals surface area contributed by atoms with E-state index < -0.39 is 0 Å². The lowest BCUT2D eigenvalue weighted by Gasteiger charge is -2.20. The summed E-state index contributed by atoms with van der Waals surface area (Å²) in [6.45, 7) is 0.919. The van der Waals surface area contributed by atoms with Gasteiger partial charge in [0.1, 0.15) is 13.2 Å². The normalized spacial score (nSPS) is 12.6. The molecule has 2 aromatic rings. The number of fused-ring (bicyclic) bond motifs is 1. The number of benzene rings is 1.